The highest BCUT2D eigenvalue weighted by Gasteiger charge is 2.07. The Morgan fingerprint density at radius 1 is 0.816 bits per heavy atom. The van der Waals surface area contributed by atoms with Gasteiger partial charge in [0, 0.05) is 18.1 Å². The second-order valence-electron chi connectivity index (χ2n) is 8.09. The van der Waals surface area contributed by atoms with Crippen LogP contribution in [0.15, 0.2) is 104 Å². The molecular weight excluding hydrogens is 484 g/mol. The first kappa shape index (κ1) is 27.8. The van der Waals surface area contributed by atoms with Crippen molar-refractivity contribution in [1.82, 2.24) is 0 Å². The first-order valence-corrected chi connectivity index (χ1v) is 11.9. The maximum atomic E-state index is 12.5. The first-order valence-electron chi connectivity index (χ1n) is 11.9. The Balaban J connectivity index is 1.47. The Morgan fingerprint density at radius 2 is 1.42 bits per heavy atom. The number of allylic oxidation sites excluding steroid dienone is 1. The van der Waals surface area contributed by atoms with E-state index in [0.717, 1.165) is 22.8 Å². The van der Waals surface area contributed by atoms with Crippen molar-refractivity contribution in [2.75, 3.05) is 19.8 Å². The summed E-state index contributed by atoms with van der Waals surface area (Å²) >= 11 is 0. The molecule has 194 valence electrons. The van der Waals surface area contributed by atoms with Crippen LogP contribution < -0.4 is 9.47 Å². The Hall–Kier alpha value is -4.75. The summed E-state index contributed by atoms with van der Waals surface area (Å²) in [5.74, 6) is -0.229. The fraction of sp³-hybridized carbons (Fsp3) is 0.129. The van der Waals surface area contributed by atoms with Crippen LogP contribution in [-0.2, 0) is 14.3 Å². The van der Waals surface area contributed by atoms with Crippen molar-refractivity contribution < 1.29 is 33.7 Å². The fourth-order valence-corrected chi connectivity index (χ4v) is 3.22. The zero-order valence-electron chi connectivity index (χ0n) is 20.8. The van der Waals surface area contributed by atoms with E-state index in [4.69, 9.17) is 19.3 Å². The van der Waals surface area contributed by atoms with Crippen LogP contribution in [0.5, 0.6) is 11.5 Å². The number of ketones is 1. The molecule has 3 aromatic carbocycles. The highest BCUT2D eigenvalue weighted by Crippen LogP contribution is 2.23. The lowest BCUT2D eigenvalue weighted by molar-refractivity contribution is -0.139. The number of esters is 2. The van der Waals surface area contributed by atoms with Crippen LogP contribution in [-0.4, -0.2) is 42.6 Å². The molecule has 1 N–H and O–H groups in total. The summed E-state index contributed by atoms with van der Waals surface area (Å²) in [4.78, 5) is 35.2. The van der Waals surface area contributed by atoms with Gasteiger partial charge in [-0.1, -0.05) is 55.6 Å². The number of carbonyl (C=O) groups is 3. The molecule has 7 nitrogen and oxygen atoms in total. The lowest BCUT2D eigenvalue weighted by Gasteiger charge is -2.08. The number of hydrogen-bond donors (Lipinski definition) is 1. The standard InChI is InChI=1S/C31H28O7/c1-3-30(34)38-28-16-10-25(11-17-28)24-8-5-23(6-9-24)7-18-29(33)26-12-14-27(15-13-26)36-19-4-20-37-31(35)22(2)21-32/h3,5-18,32H,1-2,4,19-21H2/b18-7+. The Kier molecular flexibility index (Phi) is 10.3. The minimum atomic E-state index is -0.626. The molecule has 0 spiro atoms. The molecule has 0 fully saturated rings. The maximum Gasteiger partial charge on any atom is 0.335 e. The van der Waals surface area contributed by atoms with Crippen molar-refractivity contribution in [2.24, 2.45) is 0 Å². The number of aliphatic hydroxyl groups excluding tert-OH is 1. The molecule has 38 heavy (non-hydrogen) atoms. The third kappa shape index (κ3) is 8.43. The molecule has 3 rings (SSSR count). The third-order valence-electron chi connectivity index (χ3n) is 5.32. The summed E-state index contributed by atoms with van der Waals surface area (Å²) in [7, 11) is 0. The molecular formula is C31H28O7. The van der Waals surface area contributed by atoms with Crippen LogP contribution >= 0.6 is 0 Å². The van der Waals surface area contributed by atoms with E-state index in [-0.39, 0.29) is 18.0 Å². The van der Waals surface area contributed by atoms with Gasteiger partial charge >= 0.3 is 11.9 Å². The van der Waals surface area contributed by atoms with Crippen LogP contribution in [0, 0.1) is 0 Å². The van der Waals surface area contributed by atoms with Crippen molar-refractivity contribution in [3.05, 3.63) is 115 Å². The zero-order chi connectivity index (χ0) is 27.3. The average molecular weight is 513 g/mol. The number of aliphatic hydroxyl groups is 1. The summed E-state index contributed by atoms with van der Waals surface area (Å²) in [6.07, 6.45) is 4.85. The summed E-state index contributed by atoms with van der Waals surface area (Å²) in [5.41, 5.74) is 3.36. The van der Waals surface area contributed by atoms with Gasteiger partial charge in [-0.2, -0.15) is 0 Å². The van der Waals surface area contributed by atoms with E-state index in [1.54, 1.807) is 42.5 Å². The molecule has 0 unspecified atom stereocenters. The highest BCUT2D eigenvalue weighted by atomic mass is 16.5. The molecule has 0 heterocycles. The van der Waals surface area contributed by atoms with Gasteiger partial charge < -0.3 is 19.3 Å². The van der Waals surface area contributed by atoms with Gasteiger partial charge in [-0.05, 0) is 59.2 Å². The molecule has 0 aliphatic heterocycles. The van der Waals surface area contributed by atoms with Crippen LogP contribution in [0.4, 0.5) is 0 Å². The molecule has 7 heteroatoms. The molecule has 0 bridgehead atoms. The fourth-order valence-electron chi connectivity index (χ4n) is 3.22. The molecule has 3 aromatic rings. The topological polar surface area (TPSA) is 99.1 Å². The molecule has 0 aliphatic carbocycles. The Morgan fingerprint density at radius 3 is 2.03 bits per heavy atom. The minimum Gasteiger partial charge on any atom is -0.493 e. The molecule has 0 aliphatic rings. The summed E-state index contributed by atoms with van der Waals surface area (Å²) in [6.45, 7) is 6.82. The van der Waals surface area contributed by atoms with Gasteiger partial charge in [0.25, 0.3) is 0 Å². The van der Waals surface area contributed by atoms with Crippen molar-refractivity contribution in [1.29, 1.82) is 0 Å². The summed E-state index contributed by atoms with van der Waals surface area (Å²) in [5, 5.41) is 8.82. The van der Waals surface area contributed by atoms with Crippen LogP contribution in [0.2, 0.25) is 0 Å². The van der Waals surface area contributed by atoms with Gasteiger partial charge in [0.15, 0.2) is 5.78 Å². The number of carbonyl (C=O) groups excluding carboxylic acids is 3. The second kappa shape index (κ2) is 14.1. The smallest absolute Gasteiger partial charge is 0.335 e. The SMILES string of the molecule is C=CC(=O)Oc1ccc(-c2ccc(/C=C/C(=O)c3ccc(OCCCOC(=O)C(=C)CO)cc3)cc2)cc1. The van der Waals surface area contributed by atoms with E-state index < -0.39 is 18.5 Å². The molecule has 0 aromatic heterocycles. The highest BCUT2D eigenvalue weighted by molar-refractivity contribution is 6.06. The van der Waals surface area contributed by atoms with Crippen LogP contribution in [0.1, 0.15) is 22.3 Å². The molecule has 0 saturated heterocycles. The third-order valence-corrected chi connectivity index (χ3v) is 5.32. The second-order valence-corrected chi connectivity index (χ2v) is 8.09. The lowest BCUT2D eigenvalue weighted by Crippen LogP contribution is -2.12. The van der Waals surface area contributed by atoms with Gasteiger partial charge in [-0.3, -0.25) is 4.79 Å². The van der Waals surface area contributed by atoms with Crippen LogP contribution in [0.3, 0.4) is 0 Å². The lowest BCUT2D eigenvalue weighted by atomic mass is 10.0. The first-order chi connectivity index (χ1) is 18.4. The van der Waals surface area contributed by atoms with Crippen molar-refractivity contribution in [3.8, 4) is 22.6 Å². The quantitative estimate of drug-likeness (QED) is 0.110. The van der Waals surface area contributed by atoms with Gasteiger partial charge in [-0.25, -0.2) is 9.59 Å². The Bertz CT molecular complexity index is 1300. The number of benzene rings is 3. The largest absolute Gasteiger partial charge is 0.493 e. The van der Waals surface area contributed by atoms with E-state index in [1.807, 2.05) is 36.4 Å². The molecule has 0 radical (unpaired) electrons. The van der Waals surface area contributed by atoms with Crippen LogP contribution in [0.25, 0.3) is 17.2 Å². The normalized spacial score (nSPS) is 10.6. The minimum absolute atomic E-state index is 0.00880. The van der Waals surface area contributed by atoms with E-state index in [0.29, 0.717) is 30.1 Å². The van der Waals surface area contributed by atoms with Gasteiger partial charge in [0.05, 0.1) is 25.4 Å². The number of ether oxygens (including phenoxy) is 3. The van der Waals surface area contributed by atoms with Gasteiger partial charge in [0.1, 0.15) is 11.5 Å². The predicted molar refractivity (Wildman–Crippen MR) is 145 cm³/mol. The molecule has 0 amide bonds. The van der Waals surface area contributed by atoms with E-state index >= 15 is 0 Å². The van der Waals surface area contributed by atoms with Gasteiger partial charge in [0.2, 0.25) is 0 Å². The number of hydrogen-bond acceptors (Lipinski definition) is 7. The number of rotatable bonds is 13. The van der Waals surface area contributed by atoms with Crippen molar-refractivity contribution in [3.63, 3.8) is 0 Å². The zero-order valence-corrected chi connectivity index (χ0v) is 20.8. The van der Waals surface area contributed by atoms with E-state index in [9.17, 15) is 14.4 Å². The van der Waals surface area contributed by atoms with Crippen molar-refractivity contribution >= 4 is 23.8 Å². The molecule has 0 saturated carbocycles. The molecule has 0 atom stereocenters. The van der Waals surface area contributed by atoms with E-state index in [1.165, 1.54) is 6.08 Å². The van der Waals surface area contributed by atoms with Gasteiger partial charge in [-0.15, -0.1) is 0 Å². The average Bonchev–Trinajstić information content (AvgIpc) is 2.96. The summed E-state index contributed by atoms with van der Waals surface area (Å²) in [6, 6.07) is 21.7. The summed E-state index contributed by atoms with van der Waals surface area (Å²) < 4.78 is 15.6. The predicted octanol–water partition coefficient (Wildman–Crippen LogP) is 5.20. The Labute approximate surface area is 221 Å². The van der Waals surface area contributed by atoms with Crippen molar-refractivity contribution in [2.45, 2.75) is 6.42 Å². The maximum absolute atomic E-state index is 12.5. The monoisotopic (exact) mass is 512 g/mol. The van der Waals surface area contributed by atoms with E-state index in [2.05, 4.69) is 13.2 Å².